The van der Waals surface area contributed by atoms with E-state index in [0.29, 0.717) is 5.02 Å². The van der Waals surface area contributed by atoms with E-state index in [1.807, 2.05) is 18.2 Å². The Morgan fingerprint density at radius 1 is 0.931 bits per heavy atom. The van der Waals surface area contributed by atoms with Crippen molar-refractivity contribution in [3.8, 4) is 11.1 Å². The summed E-state index contributed by atoms with van der Waals surface area (Å²) in [6, 6.07) is 21.3. The van der Waals surface area contributed by atoms with Gasteiger partial charge in [-0.05, 0) is 47.4 Å². The lowest BCUT2D eigenvalue weighted by Crippen LogP contribution is -2.43. The molecule has 0 aliphatic carbocycles. The van der Waals surface area contributed by atoms with Crippen LogP contribution in [0.4, 0.5) is 0 Å². The summed E-state index contributed by atoms with van der Waals surface area (Å²) < 4.78 is 26.9. The summed E-state index contributed by atoms with van der Waals surface area (Å²) >= 11 is 5.90. The van der Waals surface area contributed by atoms with Gasteiger partial charge in [-0.3, -0.25) is 4.79 Å². The Balaban J connectivity index is 1.86. The largest absolute Gasteiger partial charge is 0.480 e. The van der Waals surface area contributed by atoms with Crippen LogP contribution in [0.1, 0.15) is 5.56 Å². The Kier molecular flexibility index (Phi) is 6.37. The van der Waals surface area contributed by atoms with Crippen molar-refractivity contribution in [3.63, 3.8) is 0 Å². The molecule has 0 radical (unpaired) electrons. The zero-order chi connectivity index (χ0) is 21.0. The fraction of sp³-hybridized carbons (Fsp3) is 0.136. The molecule has 3 rings (SSSR count). The summed E-state index contributed by atoms with van der Waals surface area (Å²) in [5, 5.41) is 10.2. The second-order valence-corrected chi connectivity index (χ2v) is 9.03. The maximum Gasteiger partial charge on any atom is 0.322 e. The Labute approximate surface area is 175 Å². The highest BCUT2D eigenvalue weighted by molar-refractivity contribution is 7.89. The molecule has 1 atom stereocenters. The van der Waals surface area contributed by atoms with Crippen molar-refractivity contribution in [2.75, 3.05) is 7.05 Å². The summed E-state index contributed by atoms with van der Waals surface area (Å²) in [4.78, 5) is 11.8. The lowest BCUT2D eigenvalue weighted by atomic mass is 10.1. The standard InChI is InChI=1S/C22H20ClNO4S/c1-24(21(22(25)26)15-16-5-3-2-4-6-16)29(27,28)20-13-9-18(10-14-20)17-7-11-19(23)12-8-17/h2-14,21H,15H2,1H3,(H,25,26)/t21-/m0/s1. The van der Waals surface area contributed by atoms with Crippen molar-refractivity contribution in [1.29, 1.82) is 0 Å². The number of carboxylic acids is 1. The minimum atomic E-state index is -3.98. The van der Waals surface area contributed by atoms with Gasteiger partial charge in [-0.15, -0.1) is 0 Å². The maximum atomic E-state index is 13.0. The Bertz CT molecular complexity index is 1080. The zero-order valence-corrected chi connectivity index (χ0v) is 17.3. The number of carboxylic acid groups (broad SMARTS) is 1. The molecular formula is C22H20ClNO4S. The molecule has 150 valence electrons. The van der Waals surface area contributed by atoms with Crippen LogP contribution in [0.2, 0.25) is 5.02 Å². The monoisotopic (exact) mass is 429 g/mol. The summed E-state index contributed by atoms with van der Waals surface area (Å²) in [6.45, 7) is 0. The van der Waals surface area contributed by atoms with Crippen LogP contribution in [0.25, 0.3) is 11.1 Å². The van der Waals surface area contributed by atoms with Gasteiger partial charge in [0.1, 0.15) is 6.04 Å². The SMILES string of the molecule is CN([C@@H](Cc1ccccc1)C(=O)O)S(=O)(=O)c1ccc(-c2ccc(Cl)cc2)cc1. The van der Waals surface area contributed by atoms with Gasteiger partial charge in [-0.25, -0.2) is 8.42 Å². The molecule has 5 nitrogen and oxygen atoms in total. The van der Waals surface area contributed by atoms with E-state index in [2.05, 4.69) is 0 Å². The van der Waals surface area contributed by atoms with E-state index in [1.54, 1.807) is 48.5 Å². The molecule has 0 amide bonds. The highest BCUT2D eigenvalue weighted by Crippen LogP contribution is 2.25. The van der Waals surface area contributed by atoms with Gasteiger partial charge in [0.2, 0.25) is 10.0 Å². The van der Waals surface area contributed by atoms with Gasteiger partial charge in [0.25, 0.3) is 0 Å². The average Bonchev–Trinajstić information content (AvgIpc) is 2.72. The Morgan fingerprint density at radius 3 is 1.97 bits per heavy atom. The number of benzene rings is 3. The molecule has 0 spiro atoms. The summed E-state index contributed by atoms with van der Waals surface area (Å²) in [7, 11) is -2.68. The molecule has 0 bridgehead atoms. The molecule has 0 saturated carbocycles. The molecule has 0 aliphatic rings. The number of likely N-dealkylation sites (N-methyl/N-ethyl adjacent to an activating group) is 1. The predicted molar refractivity (Wildman–Crippen MR) is 113 cm³/mol. The smallest absolute Gasteiger partial charge is 0.322 e. The fourth-order valence-electron chi connectivity index (χ4n) is 3.00. The van der Waals surface area contributed by atoms with Gasteiger partial charge in [-0.2, -0.15) is 4.31 Å². The van der Waals surface area contributed by atoms with E-state index in [1.165, 1.54) is 19.2 Å². The Hall–Kier alpha value is -2.67. The molecule has 29 heavy (non-hydrogen) atoms. The minimum Gasteiger partial charge on any atom is -0.480 e. The van der Waals surface area contributed by atoms with E-state index in [4.69, 9.17) is 11.6 Å². The van der Waals surface area contributed by atoms with Gasteiger partial charge >= 0.3 is 5.97 Å². The van der Waals surface area contributed by atoms with Crippen molar-refractivity contribution in [1.82, 2.24) is 4.31 Å². The first kappa shape index (κ1) is 21.0. The van der Waals surface area contributed by atoms with Gasteiger partial charge in [0, 0.05) is 12.1 Å². The predicted octanol–water partition coefficient (Wildman–Crippen LogP) is 4.32. The molecule has 0 aliphatic heterocycles. The third-order valence-corrected chi connectivity index (χ3v) is 6.84. The molecule has 0 aromatic heterocycles. The molecule has 0 saturated heterocycles. The van der Waals surface area contributed by atoms with E-state index in [-0.39, 0.29) is 11.3 Å². The second-order valence-electron chi connectivity index (χ2n) is 6.60. The van der Waals surface area contributed by atoms with Gasteiger partial charge in [-0.1, -0.05) is 66.2 Å². The quantitative estimate of drug-likeness (QED) is 0.606. The molecule has 7 heteroatoms. The van der Waals surface area contributed by atoms with Gasteiger partial charge in [0.05, 0.1) is 4.90 Å². The third-order valence-electron chi connectivity index (χ3n) is 4.70. The van der Waals surface area contributed by atoms with E-state index >= 15 is 0 Å². The maximum absolute atomic E-state index is 13.0. The number of rotatable bonds is 7. The molecule has 0 unspecified atom stereocenters. The third kappa shape index (κ3) is 4.85. The highest BCUT2D eigenvalue weighted by Gasteiger charge is 2.32. The van der Waals surface area contributed by atoms with E-state index < -0.39 is 22.0 Å². The van der Waals surface area contributed by atoms with Crippen molar-refractivity contribution >= 4 is 27.6 Å². The molecule has 1 N–H and O–H groups in total. The number of halogens is 1. The minimum absolute atomic E-state index is 0.0389. The van der Waals surface area contributed by atoms with Crippen LogP contribution >= 0.6 is 11.6 Å². The number of aliphatic carboxylic acids is 1. The summed E-state index contributed by atoms with van der Waals surface area (Å²) in [5.41, 5.74) is 2.49. The van der Waals surface area contributed by atoms with E-state index in [9.17, 15) is 18.3 Å². The first-order valence-electron chi connectivity index (χ1n) is 8.90. The number of hydrogen-bond donors (Lipinski definition) is 1. The van der Waals surface area contributed by atoms with Crippen LogP contribution in [0.5, 0.6) is 0 Å². The molecule has 3 aromatic rings. The van der Waals surface area contributed by atoms with Crippen molar-refractivity contribution < 1.29 is 18.3 Å². The zero-order valence-electron chi connectivity index (χ0n) is 15.7. The average molecular weight is 430 g/mol. The van der Waals surface area contributed by atoms with Gasteiger partial charge in [0.15, 0.2) is 0 Å². The van der Waals surface area contributed by atoms with Crippen molar-refractivity contribution in [2.24, 2.45) is 0 Å². The summed E-state index contributed by atoms with van der Waals surface area (Å²) in [6.07, 6.45) is 0.0781. The first-order chi connectivity index (χ1) is 13.8. The number of carbonyl (C=O) groups is 1. The van der Waals surface area contributed by atoms with Gasteiger partial charge < -0.3 is 5.11 Å². The lowest BCUT2D eigenvalue weighted by Gasteiger charge is -2.24. The number of sulfonamides is 1. The van der Waals surface area contributed by atoms with Crippen LogP contribution in [-0.4, -0.2) is 36.9 Å². The Morgan fingerprint density at radius 2 is 1.45 bits per heavy atom. The first-order valence-corrected chi connectivity index (χ1v) is 10.7. The van der Waals surface area contributed by atoms with Crippen LogP contribution < -0.4 is 0 Å². The molecule has 0 fully saturated rings. The van der Waals surface area contributed by atoms with Crippen molar-refractivity contribution in [2.45, 2.75) is 17.4 Å². The van der Waals surface area contributed by atoms with Crippen LogP contribution in [0.3, 0.4) is 0 Å². The van der Waals surface area contributed by atoms with Crippen molar-refractivity contribution in [3.05, 3.63) is 89.4 Å². The van der Waals surface area contributed by atoms with E-state index in [0.717, 1.165) is 21.0 Å². The number of nitrogens with zero attached hydrogens (tertiary/aromatic N) is 1. The highest BCUT2D eigenvalue weighted by atomic mass is 35.5. The topological polar surface area (TPSA) is 74.7 Å². The number of hydrogen-bond acceptors (Lipinski definition) is 3. The molecule has 0 heterocycles. The van der Waals surface area contributed by atoms with Crippen LogP contribution in [0.15, 0.2) is 83.8 Å². The lowest BCUT2D eigenvalue weighted by molar-refractivity contribution is -0.141. The van der Waals surface area contributed by atoms with Crippen LogP contribution in [0, 0.1) is 0 Å². The second kappa shape index (κ2) is 8.78. The van der Waals surface area contributed by atoms with Crippen LogP contribution in [-0.2, 0) is 21.2 Å². The summed E-state index contributed by atoms with van der Waals surface area (Å²) in [5.74, 6) is -1.20. The molecule has 3 aromatic carbocycles. The molecular weight excluding hydrogens is 410 g/mol. The fourth-order valence-corrected chi connectivity index (χ4v) is 4.44. The normalized spacial score (nSPS) is 12.7.